The van der Waals surface area contributed by atoms with Crippen molar-refractivity contribution in [3.8, 4) is 0 Å². The van der Waals surface area contributed by atoms with Gasteiger partial charge in [0, 0.05) is 0 Å². The van der Waals surface area contributed by atoms with Crippen molar-refractivity contribution in [3.05, 3.63) is 0 Å². The first-order chi connectivity index (χ1) is 10.5. The van der Waals surface area contributed by atoms with E-state index in [0.29, 0.717) is 17.8 Å². The number of hydrogen-bond donors (Lipinski definition) is 0. The summed E-state index contributed by atoms with van der Waals surface area (Å²) in [5.41, 5.74) is -0.990. The van der Waals surface area contributed by atoms with E-state index < -0.39 is 5.54 Å². The van der Waals surface area contributed by atoms with Crippen molar-refractivity contribution in [2.24, 2.45) is 27.2 Å². The van der Waals surface area contributed by atoms with Crippen molar-refractivity contribution < 1.29 is 9.47 Å². The van der Waals surface area contributed by atoms with Gasteiger partial charge in [-0.3, -0.25) is 0 Å². The third kappa shape index (κ3) is 5.22. The first kappa shape index (κ1) is 21.0. The van der Waals surface area contributed by atoms with Crippen molar-refractivity contribution in [1.82, 2.24) is 0 Å². The van der Waals surface area contributed by atoms with Gasteiger partial charge in [-0.05, 0) is 65.7 Å². The summed E-state index contributed by atoms with van der Waals surface area (Å²) in [4.78, 5) is 9.49. The van der Waals surface area contributed by atoms with Gasteiger partial charge in [0.1, 0.15) is 16.7 Å². The summed E-state index contributed by atoms with van der Waals surface area (Å²) >= 11 is 0. The van der Waals surface area contributed by atoms with E-state index in [1.807, 2.05) is 41.5 Å². The lowest BCUT2D eigenvalue weighted by atomic mass is 9.68. The lowest BCUT2D eigenvalue weighted by molar-refractivity contribution is 0.0841. The normalized spacial score (nSPS) is 25.0. The second-order valence-corrected chi connectivity index (χ2v) is 10.3. The van der Waals surface area contributed by atoms with Gasteiger partial charge in [-0.2, -0.15) is 4.99 Å². The summed E-state index contributed by atoms with van der Waals surface area (Å²) in [6.07, 6.45) is 0. The first-order valence-electron chi connectivity index (χ1n) is 9.03. The Kier molecular flexibility index (Phi) is 5.55. The fraction of sp³-hybridized carbons (Fsp3) is 0.900. The van der Waals surface area contributed by atoms with Crippen molar-refractivity contribution in [1.29, 1.82) is 0 Å². The third-order valence-corrected chi connectivity index (χ3v) is 4.76. The van der Waals surface area contributed by atoms with Crippen molar-refractivity contribution in [2.45, 2.75) is 99.8 Å². The van der Waals surface area contributed by atoms with E-state index in [2.05, 4.69) is 46.5 Å². The maximum atomic E-state index is 6.20. The van der Waals surface area contributed by atoms with Gasteiger partial charge in [-0.15, -0.1) is 0 Å². The zero-order valence-electron chi connectivity index (χ0n) is 17.9. The van der Waals surface area contributed by atoms with E-state index in [0.717, 1.165) is 0 Å². The van der Waals surface area contributed by atoms with Crippen LogP contribution in [0.4, 0.5) is 0 Å². The fourth-order valence-corrected chi connectivity index (χ4v) is 2.74. The highest BCUT2D eigenvalue weighted by Gasteiger charge is 2.48. The Bertz CT molecular complexity index is 515. The van der Waals surface area contributed by atoms with Gasteiger partial charge in [-0.1, -0.05) is 34.6 Å². The molecule has 0 aromatic heterocycles. The predicted molar refractivity (Wildman–Crippen MR) is 103 cm³/mol. The third-order valence-electron chi connectivity index (χ3n) is 4.76. The van der Waals surface area contributed by atoms with Crippen LogP contribution in [0.3, 0.4) is 0 Å². The quantitative estimate of drug-likeness (QED) is 0.671. The van der Waals surface area contributed by atoms with Gasteiger partial charge >= 0.3 is 6.02 Å². The minimum Gasteiger partial charge on any atom is -0.473 e. The Hall–Kier alpha value is -1.06. The summed E-state index contributed by atoms with van der Waals surface area (Å²) in [6.45, 7) is 25.6. The molecular formula is C20H38N2O2. The maximum absolute atomic E-state index is 6.20. The molecule has 0 aromatic carbocycles. The summed E-state index contributed by atoms with van der Waals surface area (Å²) < 4.78 is 12.1. The summed E-state index contributed by atoms with van der Waals surface area (Å²) in [6, 6.07) is 0.428. The lowest BCUT2D eigenvalue weighted by Crippen LogP contribution is -2.47. The van der Waals surface area contributed by atoms with Crippen LogP contribution in [0.1, 0.15) is 83.1 Å². The molecule has 0 aromatic rings. The first-order valence-corrected chi connectivity index (χ1v) is 9.03. The Balaban J connectivity index is 3.25. The minimum absolute atomic E-state index is 0.179. The lowest BCUT2D eigenvalue weighted by Gasteiger charge is -2.40. The van der Waals surface area contributed by atoms with Crippen LogP contribution in [-0.2, 0) is 9.47 Å². The standard InChI is InChI=1S/C20H38N2O2/c1-13(17(3,4)5)14(2)20(12)15(23-18(6,7)8)21-16(22-20)24-19(9,10)11/h13-14H,1-12H3. The van der Waals surface area contributed by atoms with E-state index in [-0.39, 0.29) is 22.5 Å². The molecule has 0 radical (unpaired) electrons. The van der Waals surface area contributed by atoms with E-state index in [1.165, 1.54) is 0 Å². The molecule has 0 bridgehead atoms. The average Bonchev–Trinajstić information content (AvgIpc) is 2.59. The Morgan fingerprint density at radius 2 is 1.29 bits per heavy atom. The molecule has 1 aliphatic rings. The number of ether oxygens (including phenoxy) is 2. The number of amidine groups is 1. The Labute approximate surface area is 149 Å². The topological polar surface area (TPSA) is 43.2 Å². The predicted octanol–water partition coefficient (Wildman–Crippen LogP) is 5.46. The van der Waals surface area contributed by atoms with Gasteiger partial charge in [0.2, 0.25) is 5.90 Å². The van der Waals surface area contributed by atoms with Crippen LogP contribution in [0.5, 0.6) is 0 Å². The summed E-state index contributed by atoms with van der Waals surface area (Å²) in [5.74, 6) is 1.37. The molecule has 0 fully saturated rings. The zero-order chi connectivity index (χ0) is 19.1. The second kappa shape index (κ2) is 6.34. The van der Waals surface area contributed by atoms with Crippen molar-refractivity contribution in [2.75, 3.05) is 0 Å². The number of hydrogen-bond acceptors (Lipinski definition) is 4. The molecule has 24 heavy (non-hydrogen) atoms. The Morgan fingerprint density at radius 3 is 1.67 bits per heavy atom. The maximum Gasteiger partial charge on any atom is 0.316 e. The second-order valence-electron chi connectivity index (χ2n) is 10.3. The van der Waals surface area contributed by atoms with Crippen LogP contribution in [0.25, 0.3) is 0 Å². The molecule has 1 heterocycles. The van der Waals surface area contributed by atoms with E-state index in [4.69, 9.17) is 14.5 Å². The highest BCUT2D eigenvalue weighted by atomic mass is 16.5. The van der Waals surface area contributed by atoms with Crippen molar-refractivity contribution in [3.63, 3.8) is 0 Å². The van der Waals surface area contributed by atoms with Gasteiger partial charge in [0.25, 0.3) is 0 Å². The van der Waals surface area contributed by atoms with Crippen LogP contribution in [0.2, 0.25) is 0 Å². The Morgan fingerprint density at radius 1 is 0.833 bits per heavy atom. The highest BCUT2D eigenvalue weighted by molar-refractivity contribution is 6.02. The van der Waals surface area contributed by atoms with Gasteiger partial charge < -0.3 is 9.47 Å². The molecule has 0 saturated carbocycles. The van der Waals surface area contributed by atoms with Gasteiger partial charge in [-0.25, -0.2) is 4.99 Å². The molecule has 3 unspecified atom stereocenters. The van der Waals surface area contributed by atoms with Crippen LogP contribution in [0, 0.1) is 17.3 Å². The van der Waals surface area contributed by atoms with Crippen LogP contribution >= 0.6 is 0 Å². The fourth-order valence-electron chi connectivity index (χ4n) is 2.74. The molecule has 140 valence electrons. The molecule has 4 heteroatoms. The zero-order valence-corrected chi connectivity index (χ0v) is 17.9. The molecule has 1 aliphatic heterocycles. The SMILES string of the molecule is CC(C(C)C1(C)N=C(OC(C)(C)C)N=C1OC(C)(C)C)C(C)(C)C. The molecule has 3 atom stereocenters. The summed E-state index contributed by atoms with van der Waals surface area (Å²) in [7, 11) is 0. The van der Waals surface area contributed by atoms with E-state index in [1.54, 1.807) is 0 Å². The van der Waals surface area contributed by atoms with Crippen LogP contribution in [-0.4, -0.2) is 28.7 Å². The average molecular weight is 339 g/mol. The highest BCUT2D eigenvalue weighted by Crippen LogP contribution is 2.42. The van der Waals surface area contributed by atoms with Crippen molar-refractivity contribution >= 4 is 11.9 Å². The number of aliphatic imine (C=N–C) groups is 2. The van der Waals surface area contributed by atoms with Gasteiger partial charge in [0.05, 0.1) is 0 Å². The summed E-state index contributed by atoms with van der Waals surface area (Å²) in [5, 5.41) is 0. The van der Waals surface area contributed by atoms with Crippen LogP contribution in [0.15, 0.2) is 9.98 Å². The minimum atomic E-state index is -0.513. The monoisotopic (exact) mass is 338 g/mol. The smallest absolute Gasteiger partial charge is 0.316 e. The number of rotatable bonds is 2. The largest absolute Gasteiger partial charge is 0.473 e. The van der Waals surface area contributed by atoms with Crippen LogP contribution < -0.4 is 0 Å². The number of nitrogens with zero attached hydrogens (tertiary/aromatic N) is 2. The molecule has 0 saturated heterocycles. The molecule has 0 amide bonds. The molecule has 4 nitrogen and oxygen atoms in total. The van der Waals surface area contributed by atoms with E-state index >= 15 is 0 Å². The molecule has 0 aliphatic carbocycles. The molecule has 1 rings (SSSR count). The molecule has 0 spiro atoms. The molecule has 0 N–H and O–H groups in total. The van der Waals surface area contributed by atoms with E-state index in [9.17, 15) is 0 Å². The molecular weight excluding hydrogens is 300 g/mol. The van der Waals surface area contributed by atoms with Gasteiger partial charge in [0.15, 0.2) is 0 Å².